The van der Waals surface area contributed by atoms with Crippen LogP contribution in [0.4, 0.5) is 5.69 Å². The maximum atomic E-state index is 12.0. The first-order valence-electron chi connectivity index (χ1n) is 6.31. The molecule has 4 N–H and O–H groups in total. The molecule has 110 valence electrons. The Labute approximate surface area is 118 Å². The third-order valence-electron chi connectivity index (χ3n) is 3.74. The molecule has 0 saturated heterocycles. The van der Waals surface area contributed by atoms with E-state index in [2.05, 4.69) is 10.3 Å². The van der Waals surface area contributed by atoms with E-state index < -0.39 is 16.9 Å². The van der Waals surface area contributed by atoms with Crippen LogP contribution in [0.15, 0.2) is 18.3 Å². The second-order valence-electron chi connectivity index (χ2n) is 5.86. The zero-order valence-corrected chi connectivity index (χ0v) is 12.2. The molecule has 1 amide bonds. The van der Waals surface area contributed by atoms with Crippen molar-refractivity contribution in [2.24, 2.45) is 5.41 Å². The van der Waals surface area contributed by atoms with Crippen molar-refractivity contribution >= 4 is 17.6 Å². The molecule has 0 aliphatic heterocycles. The minimum Gasteiger partial charge on any atom is -0.481 e. The second kappa shape index (κ2) is 5.48. The maximum absolute atomic E-state index is 12.0. The molecule has 0 saturated carbocycles. The summed E-state index contributed by atoms with van der Waals surface area (Å²) in [6, 6.07) is 3.34. The van der Waals surface area contributed by atoms with E-state index in [4.69, 9.17) is 5.73 Å². The molecule has 0 fully saturated rings. The van der Waals surface area contributed by atoms with Gasteiger partial charge in [-0.2, -0.15) is 0 Å². The van der Waals surface area contributed by atoms with Crippen LogP contribution in [0, 0.1) is 5.41 Å². The maximum Gasteiger partial charge on any atom is 0.311 e. The quantitative estimate of drug-likeness (QED) is 0.751. The third-order valence-corrected chi connectivity index (χ3v) is 3.74. The summed E-state index contributed by atoms with van der Waals surface area (Å²) in [6.07, 6.45) is 1.56. The van der Waals surface area contributed by atoms with Crippen LogP contribution in [-0.2, 0) is 16.0 Å². The molecule has 6 heteroatoms. The highest BCUT2D eigenvalue weighted by Crippen LogP contribution is 2.30. The average Bonchev–Trinajstić information content (AvgIpc) is 2.31. The second-order valence-corrected chi connectivity index (χ2v) is 5.86. The predicted molar refractivity (Wildman–Crippen MR) is 76.0 cm³/mol. The number of hydrogen-bond donors (Lipinski definition) is 3. The molecule has 0 spiro atoms. The zero-order chi connectivity index (χ0) is 15.6. The standard InChI is InChI=1S/C14H21N3O3/c1-13(2,12(19)20)14(3,4)17-11(18)7-10-6-5-9(15)8-16-10/h5-6,8H,7,15H2,1-4H3,(H,17,18)(H,19,20). The van der Waals surface area contributed by atoms with Crippen LogP contribution in [-0.4, -0.2) is 27.5 Å². The normalized spacial score (nSPS) is 12.0. The van der Waals surface area contributed by atoms with E-state index in [1.165, 1.54) is 6.20 Å². The Morgan fingerprint density at radius 2 is 1.90 bits per heavy atom. The van der Waals surface area contributed by atoms with Crippen molar-refractivity contribution in [3.05, 3.63) is 24.0 Å². The van der Waals surface area contributed by atoms with Gasteiger partial charge in [-0.3, -0.25) is 14.6 Å². The summed E-state index contributed by atoms with van der Waals surface area (Å²) < 4.78 is 0. The van der Waals surface area contributed by atoms with Gasteiger partial charge in [0.1, 0.15) is 0 Å². The Morgan fingerprint density at radius 3 is 2.35 bits per heavy atom. The van der Waals surface area contributed by atoms with E-state index in [0.717, 1.165) is 0 Å². The van der Waals surface area contributed by atoms with Crippen LogP contribution in [0.2, 0.25) is 0 Å². The van der Waals surface area contributed by atoms with Gasteiger partial charge >= 0.3 is 5.97 Å². The number of aliphatic carboxylic acids is 1. The fourth-order valence-electron chi connectivity index (χ4n) is 1.52. The number of carbonyl (C=O) groups is 2. The molecule has 1 heterocycles. The zero-order valence-electron chi connectivity index (χ0n) is 12.2. The minimum atomic E-state index is -1.09. The molecule has 20 heavy (non-hydrogen) atoms. The van der Waals surface area contributed by atoms with Gasteiger partial charge in [-0.05, 0) is 39.8 Å². The number of nitrogen functional groups attached to an aromatic ring is 1. The summed E-state index contributed by atoms with van der Waals surface area (Å²) in [4.78, 5) is 27.3. The number of hydrogen-bond acceptors (Lipinski definition) is 4. The molecule has 6 nitrogen and oxygen atoms in total. The lowest BCUT2D eigenvalue weighted by Crippen LogP contribution is -2.57. The van der Waals surface area contributed by atoms with E-state index >= 15 is 0 Å². The number of nitrogens with zero attached hydrogens (tertiary/aromatic N) is 1. The van der Waals surface area contributed by atoms with Crippen molar-refractivity contribution in [2.75, 3.05) is 5.73 Å². The van der Waals surface area contributed by atoms with Gasteiger partial charge in [0, 0.05) is 11.2 Å². The van der Waals surface area contributed by atoms with E-state index in [-0.39, 0.29) is 12.3 Å². The molecule has 0 radical (unpaired) electrons. The van der Waals surface area contributed by atoms with Gasteiger partial charge in [-0.15, -0.1) is 0 Å². The number of anilines is 1. The number of carbonyl (C=O) groups excluding carboxylic acids is 1. The number of nitrogens with one attached hydrogen (secondary N) is 1. The molecule has 0 aliphatic rings. The van der Waals surface area contributed by atoms with Gasteiger partial charge in [0.2, 0.25) is 5.91 Å². The average molecular weight is 279 g/mol. The van der Waals surface area contributed by atoms with Gasteiger partial charge in [0.15, 0.2) is 0 Å². The highest BCUT2D eigenvalue weighted by molar-refractivity contribution is 5.81. The summed E-state index contributed by atoms with van der Waals surface area (Å²) in [5, 5.41) is 12.0. The van der Waals surface area contributed by atoms with Crippen molar-refractivity contribution in [3.63, 3.8) is 0 Å². The lowest BCUT2D eigenvalue weighted by Gasteiger charge is -2.38. The van der Waals surface area contributed by atoms with Gasteiger partial charge in [0.05, 0.1) is 23.7 Å². The lowest BCUT2D eigenvalue weighted by atomic mass is 9.74. The van der Waals surface area contributed by atoms with Crippen LogP contribution in [0.5, 0.6) is 0 Å². The Hall–Kier alpha value is -2.11. The summed E-state index contributed by atoms with van der Waals surface area (Å²) in [6.45, 7) is 6.54. The Bertz CT molecular complexity index is 507. The molecule has 0 unspecified atom stereocenters. The van der Waals surface area contributed by atoms with Crippen molar-refractivity contribution in [3.8, 4) is 0 Å². The van der Waals surface area contributed by atoms with Crippen LogP contribution >= 0.6 is 0 Å². The Kier molecular flexibility index (Phi) is 4.37. The van der Waals surface area contributed by atoms with Crippen molar-refractivity contribution < 1.29 is 14.7 Å². The fraction of sp³-hybridized carbons (Fsp3) is 0.500. The molecule has 1 aromatic heterocycles. The first kappa shape index (κ1) is 15.9. The SMILES string of the molecule is CC(C)(NC(=O)Cc1ccc(N)cn1)C(C)(C)C(=O)O. The van der Waals surface area contributed by atoms with Crippen LogP contribution in [0.3, 0.4) is 0 Å². The van der Waals surface area contributed by atoms with Gasteiger partial charge in [-0.25, -0.2) is 0 Å². The number of carboxylic acids is 1. The first-order valence-corrected chi connectivity index (χ1v) is 6.31. The lowest BCUT2D eigenvalue weighted by molar-refractivity contribution is -0.151. The topological polar surface area (TPSA) is 105 Å². The minimum absolute atomic E-state index is 0.0827. The monoisotopic (exact) mass is 279 g/mol. The number of pyridine rings is 1. The Morgan fingerprint density at radius 1 is 1.30 bits per heavy atom. The molecule has 0 aromatic carbocycles. The summed E-state index contributed by atoms with van der Waals surface area (Å²) in [7, 11) is 0. The number of amides is 1. The van der Waals surface area contributed by atoms with Gasteiger partial charge < -0.3 is 16.2 Å². The molecule has 1 rings (SSSR count). The number of rotatable bonds is 5. The molecule has 0 aliphatic carbocycles. The molecular formula is C14H21N3O3. The van der Waals surface area contributed by atoms with Gasteiger partial charge in [0.25, 0.3) is 0 Å². The van der Waals surface area contributed by atoms with Crippen LogP contribution < -0.4 is 11.1 Å². The fourth-order valence-corrected chi connectivity index (χ4v) is 1.52. The summed E-state index contributed by atoms with van der Waals surface area (Å²) in [5.74, 6) is -1.24. The van der Waals surface area contributed by atoms with Crippen LogP contribution in [0.1, 0.15) is 33.4 Å². The largest absolute Gasteiger partial charge is 0.481 e. The van der Waals surface area contributed by atoms with E-state index in [9.17, 15) is 14.7 Å². The van der Waals surface area contributed by atoms with E-state index in [0.29, 0.717) is 11.4 Å². The summed E-state index contributed by atoms with van der Waals surface area (Å²) >= 11 is 0. The Balaban J connectivity index is 2.75. The van der Waals surface area contributed by atoms with Gasteiger partial charge in [-0.1, -0.05) is 0 Å². The highest BCUT2D eigenvalue weighted by Gasteiger charge is 2.44. The smallest absolute Gasteiger partial charge is 0.311 e. The molecule has 1 aromatic rings. The first-order chi connectivity index (χ1) is 9.06. The van der Waals surface area contributed by atoms with Crippen molar-refractivity contribution in [2.45, 2.75) is 39.7 Å². The molecule has 0 atom stereocenters. The number of nitrogens with two attached hydrogens (primary N) is 1. The molecule has 0 bridgehead atoms. The number of aromatic nitrogens is 1. The predicted octanol–water partition coefficient (Wildman–Crippen LogP) is 1.21. The molecular weight excluding hydrogens is 258 g/mol. The van der Waals surface area contributed by atoms with Crippen molar-refractivity contribution in [1.82, 2.24) is 10.3 Å². The summed E-state index contributed by atoms with van der Waals surface area (Å²) in [5.41, 5.74) is 4.66. The van der Waals surface area contributed by atoms with E-state index in [1.807, 2.05) is 0 Å². The van der Waals surface area contributed by atoms with Crippen molar-refractivity contribution in [1.29, 1.82) is 0 Å². The van der Waals surface area contributed by atoms with Crippen LogP contribution in [0.25, 0.3) is 0 Å². The third kappa shape index (κ3) is 3.46. The number of carboxylic acid groups (broad SMARTS) is 1. The van der Waals surface area contributed by atoms with E-state index in [1.54, 1.807) is 39.8 Å². The highest BCUT2D eigenvalue weighted by atomic mass is 16.4.